The number of nitrogens with two attached hydrogens (primary N) is 1. The molecule has 4 N–H and O–H groups in total. The highest BCUT2D eigenvalue weighted by atomic mass is 16.5. The van der Waals surface area contributed by atoms with Crippen LogP contribution >= 0.6 is 0 Å². The Labute approximate surface area is 114 Å². The lowest BCUT2D eigenvalue weighted by Crippen LogP contribution is -2.35. The second-order valence-corrected chi connectivity index (χ2v) is 4.70. The molecule has 5 nitrogen and oxygen atoms in total. The SMILES string of the molecule is CC(C)Oc1ccc(C(C)NCCNC(N)=O)cc1. The highest BCUT2D eigenvalue weighted by Gasteiger charge is 2.05. The number of ether oxygens (including phenoxy) is 1. The first-order chi connectivity index (χ1) is 8.99. The number of benzene rings is 1. The van der Waals surface area contributed by atoms with Gasteiger partial charge in [0, 0.05) is 19.1 Å². The molecule has 0 saturated heterocycles. The molecule has 1 atom stereocenters. The fourth-order valence-corrected chi connectivity index (χ4v) is 1.70. The molecule has 1 aromatic rings. The molecular weight excluding hydrogens is 242 g/mol. The Morgan fingerprint density at radius 2 is 1.84 bits per heavy atom. The van der Waals surface area contributed by atoms with Crippen molar-refractivity contribution in [2.24, 2.45) is 5.73 Å². The standard InChI is InChI=1S/C14H23N3O2/c1-10(2)19-13-6-4-12(5-7-13)11(3)16-8-9-17-14(15)18/h4-7,10-11,16H,8-9H2,1-3H3,(H3,15,17,18). The summed E-state index contributed by atoms with van der Waals surface area (Å²) < 4.78 is 5.59. The van der Waals surface area contributed by atoms with Crippen LogP contribution in [0.3, 0.4) is 0 Å². The molecule has 0 heterocycles. The largest absolute Gasteiger partial charge is 0.491 e. The first-order valence-electron chi connectivity index (χ1n) is 6.52. The molecule has 1 rings (SSSR count). The van der Waals surface area contributed by atoms with Crippen molar-refractivity contribution in [1.82, 2.24) is 10.6 Å². The number of amides is 2. The number of rotatable bonds is 7. The maximum Gasteiger partial charge on any atom is 0.312 e. The number of nitrogens with one attached hydrogen (secondary N) is 2. The number of carbonyl (C=O) groups is 1. The van der Waals surface area contributed by atoms with Crippen molar-refractivity contribution in [1.29, 1.82) is 0 Å². The quantitative estimate of drug-likeness (QED) is 0.658. The van der Waals surface area contributed by atoms with Crippen LogP contribution in [0.25, 0.3) is 0 Å². The van der Waals surface area contributed by atoms with Crippen molar-refractivity contribution in [2.45, 2.75) is 32.9 Å². The molecule has 1 aromatic carbocycles. The van der Waals surface area contributed by atoms with Crippen molar-refractivity contribution in [2.75, 3.05) is 13.1 Å². The zero-order valence-electron chi connectivity index (χ0n) is 11.8. The summed E-state index contributed by atoms with van der Waals surface area (Å²) in [5, 5.41) is 5.84. The molecule has 106 valence electrons. The minimum atomic E-state index is -0.496. The lowest BCUT2D eigenvalue weighted by molar-refractivity contribution is 0.242. The van der Waals surface area contributed by atoms with E-state index in [0.29, 0.717) is 13.1 Å². The Morgan fingerprint density at radius 3 is 2.37 bits per heavy atom. The monoisotopic (exact) mass is 265 g/mol. The van der Waals surface area contributed by atoms with Gasteiger partial charge in [-0.2, -0.15) is 0 Å². The van der Waals surface area contributed by atoms with Gasteiger partial charge in [-0.1, -0.05) is 12.1 Å². The third-order valence-electron chi connectivity index (χ3n) is 2.63. The van der Waals surface area contributed by atoms with Crippen LogP contribution in [0.2, 0.25) is 0 Å². The maximum absolute atomic E-state index is 10.5. The molecule has 0 aliphatic carbocycles. The summed E-state index contributed by atoms with van der Waals surface area (Å²) >= 11 is 0. The molecular formula is C14H23N3O2. The molecule has 5 heteroatoms. The number of carbonyl (C=O) groups excluding carboxylic acids is 1. The van der Waals surface area contributed by atoms with E-state index in [4.69, 9.17) is 10.5 Å². The molecule has 0 aliphatic rings. The molecule has 0 fully saturated rings. The van der Waals surface area contributed by atoms with Crippen LogP contribution in [-0.2, 0) is 0 Å². The van der Waals surface area contributed by atoms with Crippen LogP contribution in [0.15, 0.2) is 24.3 Å². The lowest BCUT2D eigenvalue weighted by Gasteiger charge is -2.15. The van der Waals surface area contributed by atoms with Gasteiger partial charge < -0.3 is 21.1 Å². The zero-order chi connectivity index (χ0) is 14.3. The molecule has 0 saturated carbocycles. The van der Waals surface area contributed by atoms with E-state index in [9.17, 15) is 4.79 Å². The van der Waals surface area contributed by atoms with E-state index in [1.807, 2.05) is 38.1 Å². The third kappa shape index (κ3) is 6.10. The van der Waals surface area contributed by atoms with Crippen molar-refractivity contribution in [3.63, 3.8) is 0 Å². The van der Waals surface area contributed by atoms with Gasteiger partial charge in [0.25, 0.3) is 0 Å². The van der Waals surface area contributed by atoms with E-state index < -0.39 is 6.03 Å². The van der Waals surface area contributed by atoms with Gasteiger partial charge >= 0.3 is 6.03 Å². The van der Waals surface area contributed by atoms with Crippen LogP contribution in [0, 0.1) is 0 Å². The summed E-state index contributed by atoms with van der Waals surface area (Å²) in [4.78, 5) is 10.5. The summed E-state index contributed by atoms with van der Waals surface area (Å²) in [7, 11) is 0. The van der Waals surface area contributed by atoms with Gasteiger partial charge in [0.05, 0.1) is 6.10 Å². The number of urea groups is 1. The zero-order valence-corrected chi connectivity index (χ0v) is 11.8. The number of primary amides is 1. The van der Waals surface area contributed by atoms with Gasteiger partial charge in [0.1, 0.15) is 5.75 Å². The predicted molar refractivity (Wildman–Crippen MR) is 76.2 cm³/mol. The number of hydrogen-bond donors (Lipinski definition) is 3. The topological polar surface area (TPSA) is 76.4 Å². The minimum Gasteiger partial charge on any atom is -0.491 e. The Morgan fingerprint density at radius 1 is 1.21 bits per heavy atom. The average molecular weight is 265 g/mol. The van der Waals surface area contributed by atoms with Gasteiger partial charge in [-0.3, -0.25) is 0 Å². The third-order valence-corrected chi connectivity index (χ3v) is 2.63. The molecule has 1 unspecified atom stereocenters. The van der Waals surface area contributed by atoms with Crippen molar-refractivity contribution in [3.05, 3.63) is 29.8 Å². The van der Waals surface area contributed by atoms with E-state index >= 15 is 0 Å². The van der Waals surface area contributed by atoms with E-state index in [0.717, 1.165) is 5.75 Å². The molecule has 0 spiro atoms. The second-order valence-electron chi connectivity index (χ2n) is 4.70. The Kier molecular flexibility index (Phi) is 6.15. The molecule has 0 aromatic heterocycles. The highest BCUT2D eigenvalue weighted by Crippen LogP contribution is 2.18. The van der Waals surface area contributed by atoms with Gasteiger partial charge in [-0.25, -0.2) is 4.79 Å². The van der Waals surface area contributed by atoms with E-state index in [2.05, 4.69) is 17.6 Å². The smallest absolute Gasteiger partial charge is 0.312 e. The summed E-state index contributed by atoms with van der Waals surface area (Å²) in [5.74, 6) is 0.876. The van der Waals surface area contributed by atoms with Gasteiger partial charge in [-0.05, 0) is 38.5 Å². The Hall–Kier alpha value is -1.75. The minimum absolute atomic E-state index is 0.182. The van der Waals surface area contributed by atoms with Crippen LogP contribution in [0.4, 0.5) is 4.79 Å². The van der Waals surface area contributed by atoms with Crippen molar-refractivity contribution >= 4 is 6.03 Å². The van der Waals surface area contributed by atoms with Gasteiger partial charge in [0.15, 0.2) is 0 Å². The Bertz CT molecular complexity index is 390. The number of hydrogen-bond acceptors (Lipinski definition) is 3. The van der Waals surface area contributed by atoms with E-state index in [1.165, 1.54) is 5.56 Å². The fourth-order valence-electron chi connectivity index (χ4n) is 1.70. The lowest BCUT2D eigenvalue weighted by atomic mass is 10.1. The average Bonchev–Trinajstić information content (AvgIpc) is 2.34. The second kappa shape index (κ2) is 7.63. The van der Waals surface area contributed by atoms with Crippen molar-refractivity contribution < 1.29 is 9.53 Å². The van der Waals surface area contributed by atoms with Crippen LogP contribution in [-0.4, -0.2) is 25.2 Å². The van der Waals surface area contributed by atoms with Crippen LogP contribution < -0.4 is 21.1 Å². The highest BCUT2D eigenvalue weighted by molar-refractivity contribution is 5.71. The maximum atomic E-state index is 10.5. The summed E-state index contributed by atoms with van der Waals surface area (Å²) in [6, 6.07) is 7.73. The summed E-state index contributed by atoms with van der Waals surface area (Å²) in [5.41, 5.74) is 6.16. The van der Waals surface area contributed by atoms with Gasteiger partial charge in [0.2, 0.25) is 0 Å². The van der Waals surface area contributed by atoms with Gasteiger partial charge in [-0.15, -0.1) is 0 Å². The molecule has 0 aliphatic heterocycles. The van der Waals surface area contributed by atoms with E-state index in [1.54, 1.807) is 0 Å². The molecule has 19 heavy (non-hydrogen) atoms. The Balaban J connectivity index is 2.39. The summed E-state index contributed by atoms with van der Waals surface area (Å²) in [6.45, 7) is 7.28. The van der Waals surface area contributed by atoms with Crippen LogP contribution in [0.1, 0.15) is 32.4 Å². The molecule has 0 bridgehead atoms. The fraction of sp³-hybridized carbons (Fsp3) is 0.500. The van der Waals surface area contributed by atoms with Crippen LogP contribution in [0.5, 0.6) is 5.75 Å². The molecule has 2 amide bonds. The van der Waals surface area contributed by atoms with Crippen molar-refractivity contribution in [3.8, 4) is 5.75 Å². The first-order valence-corrected chi connectivity index (χ1v) is 6.52. The predicted octanol–water partition coefficient (Wildman–Crippen LogP) is 1.79. The molecule has 0 radical (unpaired) electrons. The first kappa shape index (κ1) is 15.3. The normalized spacial score (nSPS) is 12.2. The summed E-state index contributed by atoms with van der Waals surface area (Å²) in [6.07, 6.45) is 0.182. The van der Waals surface area contributed by atoms with E-state index in [-0.39, 0.29) is 12.1 Å².